The van der Waals surface area contributed by atoms with Crippen LogP contribution in [-0.2, 0) is 14.3 Å². The summed E-state index contributed by atoms with van der Waals surface area (Å²) in [6.07, 6.45) is 59.1. The van der Waals surface area contributed by atoms with Crippen LogP contribution in [0, 0.1) is 0 Å². The highest BCUT2D eigenvalue weighted by molar-refractivity contribution is 5.76. The van der Waals surface area contributed by atoms with Crippen molar-refractivity contribution in [3.05, 3.63) is 12.2 Å². The van der Waals surface area contributed by atoms with Gasteiger partial charge in [0, 0.05) is 12.8 Å². The molecule has 0 aromatic carbocycles. The summed E-state index contributed by atoms with van der Waals surface area (Å²) in [5.41, 5.74) is 0. The number of carbonyl (C=O) groups excluding carboxylic acids is 2. The van der Waals surface area contributed by atoms with E-state index in [1.165, 1.54) is 199 Å². The minimum atomic E-state index is -0.694. The van der Waals surface area contributed by atoms with Crippen LogP contribution >= 0.6 is 0 Å². The number of hydrogen-bond donors (Lipinski definition) is 3. The summed E-state index contributed by atoms with van der Waals surface area (Å²) in [7, 11) is 0. The van der Waals surface area contributed by atoms with Crippen LogP contribution in [0.25, 0.3) is 0 Å². The molecule has 0 bridgehead atoms. The molecule has 0 heterocycles. The lowest BCUT2D eigenvalue weighted by atomic mass is 10.0. The Hall–Kier alpha value is -1.40. The smallest absolute Gasteiger partial charge is 0.305 e. The maximum atomic E-state index is 12.4. The zero-order valence-corrected chi connectivity index (χ0v) is 41.2. The van der Waals surface area contributed by atoms with Gasteiger partial charge in [-0.05, 0) is 44.9 Å². The third-order valence-electron chi connectivity index (χ3n) is 12.8. The number of aliphatic hydroxyl groups excluding tert-OH is 2. The summed E-state index contributed by atoms with van der Waals surface area (Å²) >= 11 is 0. The maximum Gasteiger partial charge on any atom is 0.305 e. The van der Waals surface area contributed by atoms with E-state index in [1.807, 2.05) is 0 Å². The largest absolute Gasteiger partial charge is 0.466 e. The maximum absolute atomic E-state index is 12.4. The standard InChI is InChI=1S/C55H107NO5/c1-3-5-7-9-11-13-15-17-19-21-23-25-27-29-33-37-41-45-49-55(60)61-50-46-42-38-34-30-32-36-40-44-48-54(59)56-52(51-57)53(58)47-43-39-35-31-28-26-24-22-20-18-16-14-12-10-8-6-4-2/h32,36,52-53,57-58H,3-31,33-35,37-51H2,1-2H3,(H,56,59)/b36-32-. The number of carbonyl (C=O) groups is 2. The number of hydrogen-bond acceptors (Lipinski definition) is 5. The molecule has 0 saturated heterocycles. The van der Waals surface area contributed by atoms with Crippen LogP contribution in [0.3, 0.4) is 0 Å². The topological polar surface area (TPSA) is 95.9 Å². The summed E-state index contributed by atoms with van der Waals surface area (Å²) in [5, 5.41) is 23.2. The fraction of sp³-hybridized carbons (Fsp3) is 0.927. The predicted octanol–water partition coefficient (Wildman–Crippen LogP) is 16.5. The van der Waals surface area contributed by atoms with Gasteiger partial charge in [0.05, 0.1) is 25.4 Å². The number of aliphatic hydroxyl groups is 2. The Bertz CT molecular complexity index is 909. The molecule has 0 fully saturated rings. The lowest BCUT2D eigenvalue weighted by Gasteiger charge is -2.22. The van der Waals surface area contributed by atoms with E-state index in [2.05, 4.69) is 31.3 Å². The quantitative estimate of drug-likeness (QED) is 0.0322. The van der Waals surface area contributed by atoms with Crippen LogP contribution in [0.5, 0.6) is 0 Å². The fourth-order valence-electron chi connectivity index (χ4n) is 8.59. The molecule has 0 radical (unpaired) electrons. The Morgan fingerprint density at radius 3 is 1.20 bits per heavy atom. The summed E-state index contributed by atoms with van der Waals surface area (Å²) in [5.74, 6) is -0.123. The number of amides is 1. The van der Waals surface area contributed by atoms with E-state index in [1.54, 1.807) is 0 Å². The number of unbranched alkanes of at least 4 members (excludes halogenated alkanes) is 38. The molecule has 6 nitrogen and oxygen atoms in total. The van der Waals surface area contributed by atoms with Crippen LogP contribution in [0.15, 0.2) is 12.2 Å². The van der Waals surface area contributed by atoms with Crippen molar-refractivity contribution in [3.63, 3.8) is 0 Å². The second-order valence-corrected chi connectivity index (χ2v) is 18.9. The molecule has 2 unspecified atom stereocenters. The first-order valence-corrected chi connectivity index (χ1v) is 27.4. The number of allylic oxidation sites excluding steroid dienone is 2. The summed E-state index contributed by atoms with van der Waals surface area (Å²) < 4.78 is 5.46. The predicted molar refractivity (Wildman–Crippen MR) is 264 cm³/mol. The molecule has 0 aliphatic carbocycles. The summed E-state index contributed by atoms with van der Waals surface area (Å²) in [6, 6.07) is -0.578. The van der Waals surface area contributed by atoms with E-state index in [0.717, 1.165) is 70.6 Å². The van der Waals surface area contributed by atoms with Crippen LogP contribution in [0.2, 0.25) is 0 Å². The Morgan fingerprint density at radius 1 is 0.443 bits per heavy atom. The Balaban J connectivity index is 3.50. The summed E-state index contributed by atoms with van der Waals surface area (Å²) in [6.45, 7) is 4.89. The summed E-state index contributed by atoms with van der Waals surface area (Å²) in [4.78, 5) is 24.5. The monoisotopic (exact) mass is 862 g/mol. The van der Waals surface area contributed by atoms with Gasteiger partial charge in [-0.25, -0.2) is 0 Å². The SMILES string of the molecule is CCCCCCCCCCCCCCCCCCCCC(=O)OCCCCCC/C=C\CCCC(=O)NC(CO)C(O)CCCCCCCCCCCCCCCCCCC. The van der Waals surface area contributed by atoms with Crippen LogP contribution in [-0.4, -0.2) is 47.4 Å². The van der Waals surface area contributed by atoms with Gasteiger partial charge in [-0.15, -0.1) is 0 Å². The highest BCUT2D eigenvalue weighted by Gasteiger charge is 2.20. The normalized spacial score (nSPS) is 12.7. The number of nitrogens with one attached hydrogen (secondary N) is 1. The van der Waals surface area contributed by atoms with Crippen molar-refractivity contribution < 1.29 is 24.5 Å². The molecule has 0 saturated carbocycles. The van der Waals surface area contributed by atoms with E-state index < -0.39 is 12.1 Å². The molecular formula is C55H107NO5. The van der Waals surface area contributed by atoms with E-state index in [0.29, 0.717) is 25.9 Å². The van der Waals surface area contributed by atoms with E-state index >= 15 is 0 Å². The highest BCUT2D eigenvalue weighted by atomic mass is 16.5. The van der Waals surface area contributed by atoms with Crippen molar-refractivity contribution in [2.75, 3.05) is 13.2 Å². The van der Waals surface area contributed by atoms with Crippen molar-refractivity contribution in [2.45, 2.75) is 315 Å². The molecule has 0 aromatic rings. The first-order chi connectivity index (χ1) is 30.0. The molecule has 0 aliphatic heterocycles. The van der Waals surface area contributed by atoms with Gasteiger partial charge in [0.1, 0.15) is 0 Å². The first kappa shape index (κ1) is 59.6. The van der Waals surface area contributed by atoms with Gasteiger partial charge in [0.15, 0.2) is 0 Å². The molecule has 61 heavy (non-hydrogen) atoms. The molecule has 1 amide bonds. The molecular weight excluding hydrogens is 755 g/mol. The van der Waals surface area contributed by atoms with Crippen molar-refractivity contribution in [2.24, 2.45) is 0 Å². The van der Waals surface area contributed by atoms with Gasteiger partial charge in [0.2, 0.25) is 5.91 Å². The lowest BCUT2D eigenvalue weighted by Crippen LogP contribution is -2.45. The average molecular weight is 862 g/mol. The molecule has 0 aliphatic rings. The number of rotatable bonds is 51. The van der Waals surface area contributed by atoms with E-state index in [4.69, 9.17) is 4.74 Å². The Morgan fingerprint density at radius 2 is 0.787 bits per heavy atom. The van der Waals surface area contributed by atoms with Gasteiger partial charge >= 0.3 is 5.97 Å². The molecule has 0 spiro atoms. The molecule has 0 rings (SSSR count). The van der Waals surface area contributed by atoms with Crippen LogP contribution < -0.4 is 5.32 Å². The zero-order valence-electron chi connectivity index (χ0n) is 41.2. The first-order valence-electron chi connectivity index (χ1n) is 27.4. The van der Waals surface area contributed by atoms with Gasteiger partial charge in [-0.2, -0.15) is 0 Å². The minimum Gasteiger partial charge on any atom is -0.466 e. The van der Waals surface area contributed by atoms with Crippen molar-refractivity contribution in [1.29, 1.82) is 0 Å². The fourth-order valence-corrected chi connectivity index (χ4v) is 8.59. The van der Waals surface area contributed by atoms with Gasteiger partial charge in [-0.3, -0.25) is 9.59 Å². The second-order valence-electron chi connectivity index (χ2n) is 18.9. The van der Waals surface area contributed by atoms with Crippen molar-refractivity contribution in [1.82, 2.24) is 5.32 Å². The Labute approximate surface area is 380 Å². The van der Waals surface area contributed by atoms with Gasteiger partial charge in [0.25, 0.3) is 0 Å². The lowest BCUT2D eigenvalue weighted by molar-refractivity contribution is -0.143. The molecule has 362 valence electrons. The molecule has 6 heteroatoms. The highest BCUT2D eigenvalue weighted by Crippen LogP contribution is 2.17. The third-order valence-corrected chi connectivity index (χ3v) is 12.8. The molecule has 2 atom stereocenters. The average Bonchev–Trinajstić information content (AvgIpc) is 3.26. The Kier molecular flexibility index (Phi) is 50.1. The second kappa shape index (κ2) is 51.2. The number of ether oxygens (including phenoxy) is 1. The van der Waals surface area contributed by atoms with Crippen LogP contribution in [0.1, 0.15) is 303 Å². The van der Waals surface area contributed by atoms with Gasteiger partial charge < -0.3 is 20.3 Å². The van der Waals surface area contributed by atoms with Crippen molar-refractivity contribution in [3.8, 4) is 0 Å². The van der Waals surface area contributed by atoms with Gasteiger partial charge in [-0.1, -0.05) is 257 Å². The van der Waals surface area contributed by atoms with E-state index in [-0.39, 0.29) is 18.5 Å². The van der Waals surface area contributed by atoms with E-state index in [9.17, 15) is 19.8 Å². The minimum absolute atomic E-state index is 0.0306. The number of esters is 1. The molecule has 0 aromatic heterocycles. The zero-order chi connectivity index (χ0) is 44.4. The van der Waals surface area contributed by atoms with Crippen LogP contribution in [0.4, 0.5) is 0 Å². The van der Waals surface area contributed by atoms with Crippen molar-refractivity contribution >= 4 is 11.9 Å². The molecule has 3 N–H and O–H groups in total. The third kappa shape index (κ3) is 47.9.